The van der Waals surface area contributed by atoms with Gasteiger partial charge in [0.05, 0.1) is 48.9 Å². The molecule has 0 unspecified atom stereocenters. The first-order valence-corrected chi connectivity index (χ1v) is 20.5. The fourth-order valence-corrected chi connectivity index (χ4v) is 8.76. The SMILES string of the molecule is COC(=O)N[C@H](C(=O)N1CCC=C1c1nc2c(ccc3c4c(ccc32)-c2ccc(-c3cnc([C@@H]5CCCN5C(=O)[C@H](NC(=O)OC)c5ccccc5)[nH]3)cc2CO4)[nH]1)C(C)C. The van der Waals surface area contributed by atoms with E-state index in [1.54, 1.807) is 16.0 Å². The van der Waals surface area contributed by atoms with E-state index < -0.39 is 24.3 Å². The summed E-state index contributed by atoms with van der Waals surface area (Å²) in [6.07, 6.45) is 4.66. The molecule has 312 valence electrons. The van der Waals surface area contributed by atoms with Crippen molar-refractivity contribution in [2.24, 2.45) is 5.92 Å². The predicted octanol–water partition coefficient (Wildman–Crippen LogP) is 7.38. The molecule has 0 radical (unpaired) electrons. The van der Waals surface area contributed by atoms with Gasteiger partial charge in [0, 0.05) is 29.4 Å². The van der Waals surface area contributed by atoms with Crippen LogP contribution in [0.2, 0.25) is 0 Å². The van der Waals surface area contributed by atoms with E-state index in [1.807, 2.05) is 62.4 Å². The van der Waals surface area contributed by atoms with Gasteiger partial charge in [-0.2, -0.15) is 0 Å². The maximum atomic E-state index is 14.0. The van der Waals surface area contributed by atoms with E-state index in [4.69, 9.17) is 24.2 Å². The fourth-order valence-electron chi connectivity index (χ4n) is 8.76. The van der Waals surface area contributed by atoms with Crippen molar-refractivity contribution in [3.05, 3.63) is 108 Å². The van der Waals surface area contributed by atoms with E-state index in [9.17, 15) is 19.2 Å². The van der Waals surface area contributed by atoms with Crippen molar-refractivity contribution in [2.45, 2.75) is 57.8 Å². The number of aromatic nitrogens is 4. The molecule has 9 rings (SSSR count). The number of aromatic amines is 2. The first-order chi connectivity index (χ1) is 29.6. The molecule has 3 aliphatic heterocycles. The number of alkyl carbamates (subject to hydrolysis) is 2. The molecule has 4 N–H and O–H groups in total. The molecule has 4 amide bonds. The van der Waals surface area contributed by atoms with Crippen molar-refractivity contribution in [1.29, 1.82) is 0 Å². The van der Waals surface area contributed by atoms with Gasteiger partial charge in [-0.15, -0.1) is 0 Å². The number of fused-ring (bicyclic) bond motifs is 7. The molecular formula is C46H46N8O7. The van der Waals surface area contributed by atoms with Crippen LogP contribution in [0.4, 0.5) is 9.59 Å². The molecule has 0 spiro atoms. The standard InChI is InChI=1S/C46H46N8O7/c1-25(2)37(51-45(57)59-3)43(55)54-21-9-13-36(54)42-48-33-19-18-32-30(39(33)50-42)16-17-31-29-15-14-27(22-28(29)24-61-40(31)32)34-23-47-41(49-34)35-12-8-20-53(35)44(56)38(52-46(58)60-4)26-10-6-5-7-11-26/h5-7,10-11,13-19,22-23,25,35,37-38H,8-9,12,20-21,24H2,1-4H3,(H,47,49)(H,48,50)(H,51,57)(H,52,58)/t35-,37-,38+/m0/s1. The molecule has 0 saturated carbocycles. The van der Waals surface area contributed by atoms with Crippen LogP contribution in [-0.2, 0) is 25.7 Å². The Labute approximate surface area is 351 Å². The van der Waals surface area contributed by atoms with Crippen LogP contribution in [0.15, 0.2) is 85.1 Å². The largest absolute Gasteiger partial charge is 0.488 e. The average molecular weight is 823 g/mol. The zero-order valence-corrected chi connectivity index (χ0v) is 34.3. The van der Waals surface area contributed by atoms with Crippen molar-refractivity contribution >= 4 is 51.5 Å². The molecule has 3 atom stereocenters. The lowest BCUT2D eigenvalue weighted by molar-refractivity contribution is -0.134. The third kappa shape index (κ3) is 7.19. The van der Waals surface area contributed by atoms with Crippen molar-refractivity contribution < 1.29 is 33.4 Å². The van der Waals surface area contributed by atoms with Gasteiger partial charge in [-0.1, -0.05) is 68.5 Å². The Bertz CT molecular complexity index is 2720. The molecule has 4 aromatic carbocycles. The fraction of sp³-hybridized carbons (Fsp3) is 0.304. The summed E-state index contributed by atoms with van der Waals surface area (Å²) in [6.45, 7) is 5.15. The molecule has 5 heterocycles. The number of methoxy groups -OCH3 is 2. The number of amides is 4. The maximum Gasteiger partial charge on any atom is 0.407 e. The number of benzene rings is 4. The molecule has 15 heteroatoms. The first kappa shape index (κ1) is 39.3. The van der Waals surface area contributed by atoms with Crippen molar-refractivity contribution in [2.75, 3.05) is 27.3 Å². The number of hydrogen-bond donors (Lipinski definition) is 4. The highest BCUT2D eigenvalue weighted by atomic mass is 16.5. The van der Waals surface area contributed by atoms with Gasteiger partial charge < -0.3 is 44.6 Å². The molecule has 6 aromatic rings. The molecule has 0 bridgehead atoms. The summed E-state index contributed by atoms with van der Waals surface area (Å²) in [5, 5.41) is 7.26. The Balaban J connectivity index is 0.958. The van der Waals surface area contributed by atoms with E-state index in [1.165, 1.54) is 14.2 Å². The van der Waals surface area contributed by atoms with Crippen LogP contribution in [0.1, 0.15) is 68.0 Å². The topological polar surface area (TPSA) is 184 Å². The molecule has 0 aliphatic carbocycles. The van der Waals surface area contributed by atoms with Crippen LogP contribution in [0, 0.1) is 5.92 Å². The number of nitrogens with one attached hydrogen (secondary N) is 4. The zero-order valence-electron chi connectivity index (χ0n) is 34.3. The maximum absolute atomic E-state index is 14.0. The number of nitrogens with zero attached hydrogens (tertiary/aromatic N) is 4. The van der Waals surface area contributed by atoms with E-state index in [0.29, 0.717) is 49.0 Å². The van der Waals surface area contributed by atoms with E-state index in [0.717, 1.165) is 68.3 Å². The minimum absolute atomic E-state index is 0.153. The van der Waals surface area contributed by atoms with Crippen LogP contribution in [0.3, 0.4) is 0 Å². The first-order valence-electron chi connectivity index (χ1n) is 20.5. The van der Waals surface area contributed by atoms with Gasteiger partial charge >= 0.3 is 12.2 Å². The molecule has 2 aromatic heterocycles. The summed E-state index contributed by atoms with van der Waals surface area (Å²) in [5.74, 6) is 1.44. The summed E-state index contributed by atoms with van der Waals surface area (Å²) in [6, 6.07) is 21.7. The number of likely N-dealkylation sites (tertiary alicyclic amines) is 1. The van der Waals surface area contributed by atoms with Crippen molar-refractivity contribution in [1.82, 2.24) is 40.4 Å². The summed E-state index contributed by atoms with van der Waals surface area (Å²) >= 11 is 0. The minimum atomic E-state index is -0.897. The van der Waals surface area contributed by atoms with E-state index in [2.05, 4.69) is 50.9 Å². The monoisotopic (exact) mass is 822 g/mol. The van der Waals surface area contributed by atoms with Crippen LogP contribution < -0.4 is 15.4 Å². The lowest BCUT2D eigenvalue weighted by atomic mass is 9.92. The average Bonchev–Trinajstić information content (AvgIpc) is 4.13. The van der Waals surface area contributed by atoms with Crippen LogP contribution in [0.25, 0.3) is 49.9 Å². The smallest absolute Gasteiger partial charge is 0.407 e. The van der Waals surface area contributed by atoms with Gasteiger partial charge in [-0.3, -0.25) is 9.59 Å². The number of rotatable bonds is 9. The van der Waals surface area contributed by atoms with E-state index >= 15 is 0 Å². The second-order valence-electron chi connectivity index (χ2n) is 15.8. The summed E-state index contributed by atoms with van der Waals surface area (Å²) in [4.78, 5) is 72.2. The Morgan fingerprint density at radius 1 is 0.869 bits per heavy atom. The molecule has 3 aliphatic rings. The Hall–Kier alpha value is -7.16. The normalized spacial score (nSPS) is 16.7. The number of hydrogen-bond acceptors (Lipinski definition) is 9. The second-order valence-corrected chi connectivity index (χ2v) is 15.8. The van der Waals surface area contributed by atoms with Gasteiger partial charge in [-0.05, 0) is 71.7 Å². The molecule has 1 fully saturated rings. The lowest BCUT2D eigenvalue weighted by Crippen LogP contribution is -2.50. The third-order valence-corrected chi connectivity index (χ3v) is 11.8. The van der Waals surface area contributed by atoms with Crippen LogP contribution in [-0.4, -0.2) is 87.1 Å². The van der Waals surface area contributed by atoms with Crippen molar-refractivity contribution in [3.63, 3.8) is 0 Å². The number of imidazole rings is 2. The summed E-state index contributed by atoms with van der Waals surface area (Å²) in [5.41, 5.74) is 7.77. The van der Waals surface area contributed by atoms with Gasteiger partial charge in [0.25, 0.3) is 5.91 Å². The van der Waals surface area contributed by atoms with E-state index in [-0.39, 0.29) is 23.8 Å². The number of ether oxygens (including phenoxy) is 3. The Morgan fingerprint density at radius 3 is 2.43 bits per heavy atom. The quantitative estimate of drug-likeness (QED) is 0.116. The highest BCUT2D eigenvalue weighted by Crippen LogP contribution is 2.45. The Kier molecular flexibility index (Phi) is 10.4. The van der Waals surface area contributed by atoms with Gasteiger partial charge in [0.1, 0.15) is 30.3 Å². The molecule has 15 nitrogen and oxygen atoms in total. The molecule has 61 heavy (non-hydrogen) atoms. The van der Waals surface area contributed by atoms with Crippen LogP contribution >= 0.6 is 0 Å². The predicted molar refractivity (Wildman–Crippen MR) is 228 cm³/mol. The summed E-state index contributed by atoms with van der Waals surface area (Å²) < 4.78 is 16.1. The number of carbonyl (C=O) groups excluding carboxylic acids is 4. The van der Waals surface area contributed by atoms with Crippen LogP contribution in [0.5, 0.6) is 5.75 Å². The summed E-state index contributed by atoms with van der Waals surface area (Å²) in [7, 11) is 2.56. The minimum Gasteiger partial charge on any atom is -0.488 e. The third-order valence-electron chi connectivity index (χ3n) is 11.8. The zero-order chi connectivity index (χ0) is 42.4. The Morgan fingerprint density at radius 2 is 1.64 bits per heavy atom. The highest BCUT2D eigenvalue weighted by Gasteiger charge is 2.38. The lowest BCUT2D eigenvalue weighted by Gasteiger charge is -2.28. The highest BCUT2D eigenvalue weighted by molar-refractivity contribution is 6.09. The van der Waals surface area contributed by atoms with Gasteiger partial charge in [0.2, 0.25) is 5.91 Å². The van der Waals surface area contributed by atoms with Gasteiger partial charge in [-0.25, -0.2) is 19.6 Å². The van der Waals surface area contributed by atoms with Crippen molar-refractivity contribution in [3.8, 4) is 28.1 Å². The number of H-pyrrole nitrogens is 2. The van der Waals surface area contributed by atoms with Gasteiger partial charge in [0.15, 0.2) is 5.82 Å². The molecule has 1 saturated heterocycles. The number of carbonyl (C=O) groups is 4. The second kappa shape index (κ2) is 16.1. The molecular weight excluding hydrogens is 777 g/mol.